The summed E-state index contributed by atoms with van der Waals surface area (Å²) in [5.74, 6) is 0. The van der Waals surface area contributed by atoms with Crippen molar-refractivity contribution in [1.82, 2.24) is 13.7 Å². The van der Waals surface area contributed by atoms with E-state index in [0.717, 1.165) is 34.6 Å². The number of nitro benzene ring substituents is 1. The number of para-hydroxylation sites is 7. The molecule has 0 spiro atoms. The molecule has 0 unspecified atom stereocenters. The Morgan fingerprint density at radius 3 is 0.926 bits per heavy atom. The highest BCUT2D eigenvalue weighted by Gasteiger charge is 2.39. The van der Waals surface area contributed by atoms with E-state index in [1.54, 1.807) is 12.1 Å². The summed E-state index contributed by atoms with van der Waals surface area (Å²) >= 11 is 2.38. The summed E-state index contributed by atoms with van der Waals surface area (Å²) in [5, 5.41) is 22.3. The predicted molar refractivity (Wildman–Crippen MR) is 580 cm³/mol. The summed E-state index contributed by atoms with van der Waals surface area (Å²) in [4.78, 5) is 10.6. The first-order valence-electron chi connectivity index (χ1n) is 46.8. The van der Waals surface area contributed by atoms with E-state index >= 15 is 0 Å². The lowest BCUT2D eigenvalue weighted by Gasteiger charge is -2.22. The molecule has 136 heavy (non-hydrogen) atoms. The maximum Gasteiger partial charge on any atom is 0.269 e. The van der Waals surface area contributed by atoms with Crippen molar-refractivity contribution in [2.75, 3.05) is 11.1 Å². The molecule has 0 radical (unpaired) electrons. The number of rotatable bonds is 6. The Balaban J connectivity index is 0.0000000974. The Labute approximate surface area is 808 Å². The van der Waals surface area contributed by atoms with E-state index < -0.39 is 0 Å². The van der Waals surface area contributed by atoms with Crippen molar-refractivity contribution in [1.29, 1.82) is 0 Å². The highest BCUT2D eigenvalue weighted by molar-refractivity contribution is 14.1. The summed E-state index contributed by atoms with van der Waals surface area (Å²) in [5.41, 5.74) is 47.2. The molecule has 660 valence electrons. The zero-order valence-corrected chi connectivity index (χ0v) is 79.6. The first-order chi connectivity index (χ1) is 66.2. The molecule has 0 saturated carbocycles. The largest absolute Gasteiger partial charge is 0.399 e. The predicted octanol–water partition coefficient (Wildman–Crippen LogP) is 33.7. The first kappa shape index (κ1) is 87.0. The van der Waals surface area contributed by atoms with Crippen LogP contribution in [0.1, 0.15) is 111 Å². The molecule has 3 heterocycles. The Hall–Kier alpha value is -15.7. The molecule has 0 aliphatic heterocycles. The molecule has 0 atom stereocenters. The fourth-order valence-electron chi connectivity index (χ4n) is 21.7. The van der Waals surface area contributed by atoms with Gasteiger partial charge in [-0.15, -0.1) is 0 Å². The van der Waals surface area contributed by atoms with Crippen molar-refractivity contribution < 1.29 is 4.92 Å². The van der Waals surface area contributed by atoms with E-state index in [4.69, 9.17) is 5.73 Å². The lowest BCUT2D eigenvalue weighted by Crippen LogP contribution is -2.15. The van der Waals surface area contributed by atoms with Crippen molar-refractivity contribution in [2.24, 2.45) is 0 Å². The van der Waals surface area contributed by atoms with Gasteiger partial charge in [-0.3, -0.25) is 10.1 Å². The van der Waals surface area contributed by atoms with Crippen LogP contribution >= 0.6 is 22.6 Å². The van der Waals surface area contributed by atoms with Crippen molar-refractivity contribution in [2.45, 2.75) is 83.5 Å². The molecule has 0 bridgehead atoms. The minimum Gasteiger partial charge on any atom is -0.399 e. The molecule has 0 saturated heterocycles. The van der Waals surface area contributed by atoms with Gasteiger partial charge in [0.05, 0.1) is 38.0 Å². The molecule has 0 fully saturated rings. The zero-order chi connectivity index (χ0) is 93.1. The van der Waals surface area contributed by atoms with Crippen LogP contribution in [0.5, 0.6) is 0 Å². The molecule has 19 aromatic carbocycles. The van der Waals surface area contributed by atoms with Gasteiger partial charge in [0.15, 0.2) is 0 Å². The smallest absolute Gasteiger partial charge is 0.269 e. The Kier molecular flexibility index (Phi) is 22.8. The summed E-state index contributed by atoms with van der Waals surface area (Å²) in [6.45, 7) is 18.0. The van der Waals surface area contributed by atoms with Crippen LogP contribution in [0.25, 0.3) is 138 Å². The minimum absolute atomic E-state index is 0.00330. The molecule has 5 aliphatic rings. The number of nitrogen functional groups attached to an aromatic ring is 1. The van der Waals surface area contributed by atoms with Gasteiger partial charge in [0.1, 0.15) is 0 Å². The van der Waals surface area contributed by atoms with Crippen molar-refractivity contribution in [3.8, 4) is 72.7 Å². The third-order valence-electron chi connectivity index (χ3n) is 28.4. The summed E-state index contributed by atoms with van der Waals surface area (Å²) in [6.07, 6.45) is 1.10. The second-order valence-corrected chi connectivity index (χ2v) is 39.1. The SMILES string of the molecule is CC1(C)c2ccccc2-c2ccc(N)cc21.CC1(C)c2ccccc2-c2ccc(Nc3ccc4c(c3)c3ccccc3n4-c3ccccc3)cc21.CC1(C)c2ccccc2-c2ccc([N+](=O)[O-])cc21.CC1(C)c2ccccc2-c2ccccc21.Ic1ccc2c(c1)c1ccccc1n2-c1ccccc1.c1ccc(-n2c3ccccc3c3ccccc32)cc1.c1ccc2c(c1)Cc1ccccc1-2. The molecule has 9 heteroatoms. The van der Waals surface area contributed by atoms with E-state index in [2.05, 4.69) is 510 Å². The summed E-state index contributed by atoms with van der Waals surface area (Å²) in [7, 11) is 0. The topological polar surface area (TPSA) is 96.0 Å². The zero-order valence-electron chi connectivity index (χ0n) is 77.5. The molecular formula is C127H103IN6O2. The van der Waals surface area contributed by atoms with E-state index in [-0.39, 0.29) is 32.3 Å². The Morgan fingerprint density at radius 2 is 0.529 bits per heavy atom. The number of benzene rings is 19. The van der Waals surface area contributed by atoms with E-state index in [0.29, 0.717) is 0 Å². The summed E-state index contributed by atoms with van der Waals surface area (Å²) in [6, 6.07) is 158. The molecule has 22 aromatic rings. The lowest BCUT2D eigenvalue weighted by molar-refractivity contribution is -0.384. The maximum atomic E-state index is 10.9. The van der Waals surface area contributed by atoms with Crippen LogP contribution in [-0.2, 0) is 28.1 Å². The minimum atomic E-state index is -0.334. The van der Waals surface area contributed by atoms with E-state index in [9.17, 15) is 10.1 Å². The molecule has 8 nitrogen and oxygen atoms in total. The fourth-order valence-corrected chi connectivity index (χ4v) is 22.2. The van der Waals surface area contributed by atoms with Gasteiger partial charge in [-0.25, -0.2) is 0 Å². The second-order valence-electron chi connectivity index (χ2n) is 37.9. The van der Waals surface area contributed by atoms with Crippen LogP contribution in [0, 0.1) is 13.7 Å². The molecular weight excluding hydrogens is 1770 g/mol. The van der Waals surface area contributed by atoms with Gasteiger partial charge in [-0.2, -0.15) is 0 Å². The van der Waals surface area contributed by atoms with Crippen molar-refractivity contribution in [3.63, 3.8) is 0 Å². The van der Waals surface area contributed by atoms with Crippen LogP contribution in [0.4, 0.5) is 22.7 Å². The number of nitrogens with zero attached hydrogens (tertiary/aromatic N) is 4. The molecule has 0 amide bonds. The number of anilines is 3. The Morgan fingerprint density at radius 1 is 0.257 bits per heavy atom. The number of non-ortho nitro benzene ring substituents is 1. The number of halogens is 1. The third kappa shape index (κ3) is 15.7. The number of hydrogen-bond donors (Lipinski definition) is 2. The van der Waals surface area contributed by atoms with Crippen LogP contribution in [0.2, 0.25) is 0 Å². The van der Waals surface area contributed by atoms with Crippen LogP contribution < -0.4 is 11.1 Å². The first-order valence-corrected chi connectivity index (χ1v) is 47.9. The van der Waals surface area contributed by atoms with E-state index in [1.807, 2.05) is 24.3 Å². The average molecular weight is 1870 g/mol. The number of nitrogens with two attached hydrogens (primary N) is 1. The number of aromatic nitrogens is 3. The second kappa shape index (κ2) is 35.7. The number of fused-ring (bicyclic) bond motifs is 24. The lowest BCUT2D eigenvalue weighted by atomic mass is 9.82. The van der Waals surface area contributed by atoms with Gasteiger partial charge in [0.25, 0.3) is 5.69 Å². The number of nitrogens with one attached hydrogen (secondary N) is 1. The molecule has 5 aliphatic carbocycles. The van der Waals surface area contributed by atoms with Gasteiger partial charge >= 0.3 is 0 Å². The summed E-state index contributed by atoms with van der Waals surface area (Å²) < 4.78 is 8.28. The molecule has 27 rings (SSSR count). The highest BCUT2D eigenvalue weighted by Crippen LogP contribution is 2.54. The standard InChI is InChI=1S/C33H26N2.C18H12IN.C18H13N.C15H13NO2.C15H15N.C15H14.C13H10/c1-33(2)29-14-8-6-12-25(29)26-18-16-23(21-30(26)33)34-22-17-19-32-28(20-22)27-13-7-9-15-31(27)35(32)24-10-4-3-5-11-24;19-13-10-11-18-16(12-13)15-8-4-5-9-17(15)20(18)14-6-2-1-3-7-14;1-2-8-14(9-3-1)19-17-12-6-4-10-15(17)16-11-5-7-13-18(16)19;1-15(2)13-6-4-3-5-11(13)12-8-7-10(16(17)18)9-14(12)15;1-15(2)13-6-4-3-5-11(13)12-8-7-10(16)9-14(12)15;1-15(2)13-9-5-3-7-11(13)12-8-4-6-10-14(12)15;1-3-7-12-10(5-1)9-11-6-2-4-8-13(11)12/h3-21,34H,1-2H3;1-12H;1-13H;3-9H,1-2H3;3-9H,16H2,1-2H3;3-10H,1-2H3;1-8H,9H2. The van der Waals surface area contributed by atoms with Gasteiger partial charge in [0.2, 0.25) is 0 Å². The third-order valence-corrected chi connectivity index (χ3v) is 29.1. The number of hydrogen-bond acceptors (Lipinski definition) is 4. The van der Waals surface area contributed by atoms with Gasteiger partial charge in [0, 0.05) is 104 Å². The van der Waals surface area contributed by atoms with Crippen molar-refractivity contribution in [3.05, 3.63) is 518 Å². The maximum absolute atomic E-state index is 10.9. The van der Waals surface area contributed by atoms with Crippen LogP contribution in [-0.4, -0.2) is 18.6 Å². The highest BCUT2D eigenvalue weighted by atomic mass is 127. The normalized spacial score (nSPS) is 13.5. The number of nitro groups is 1. The quantitative estimate of drug-likeness (QED) is 0.0750. The van der Waals surface area contributed by atoms with Gasteiger partial charge in [-0.05, 0) is 268 Å². The monoisotopic (exact) mass is 1870 g/mol. The van der Waals surface area contributed by atoms with Gasteiger partial charge < -0.3 is 24.8 Å². The Bertz CT molecular complexity index is 8220. The van der Waals surface area contributed by atoms with Crippen LogP contribution in [0.15, 0.2) is 449 Å². The average Bonchev–Trinajstić information content (AvgIpc) is 1.58. The van der Waals surface area contributed by atoms with Gasteiger partial charge in [-0.1, -0.05) is 365 Å². The molecule has 3 aromatic heterocycles. The molecule has 3 N–H and O–H groups in total. The fraction of sp³-hybridized carbons (Fsp3) is 0.102. The van der Waals surface area contributed by atoms with Crippen LogP contribution in [0.3, 0.4) is 0 Å². The van der Waals surface area contributed by atoms with E-state index in [1.165, 1.54) is 186 Å². The van der Waals surface area contributed by atoms with Crippen molar-refractivity contribution >= 4 is 111 Å².